The van der Waals surface area contributed by atoms with Crippen LogP contribution in [0.5, 0.6) is 11.5 Å². The highest BCUT2D eigenvalue weighted by Crippen LogP contribution is 2.16. The fourth-order valence-electron chi connectivity index (χ4n) is 1.80. The predicted molar refractivity (Wildman–Crippen MR) is 72.9 cm³/mol. The average Bonchev–Trinajstić information content (AvgIpc) is 2.80. The lowest BCUT2D eigenvalue weighted by Gasteiger charge is -2.07. The van der Waals surface area contributed by atoms with Crippen LogP contribution in [0.3, 0.4) is 0 Å². The number of methoxy groups -OCH3 is 1. The van der Waals surface area contributed by atoms with Gasteiger partial charge in [-0.15, -0.1) is 0 Å². The predicted octanol–water partition coefficient (Wildman–Crippen LogP) is 1.76. The number of hydrogen-bond donors (Lipinski definition) is 0. The minimum atomic E-state index is 0.000769. The molecule has 0 aliphatic rings. The van der Waals surface area contributed by atoms with Gasteiger partial charge in [0.15, 0.2) is 0 Å². The van der Waals surface area contributed by atoms with Crippen molar-refractivity contribution in [2.45, 2.75) is 20.0 Å². The summed E-state index contributed by atoms with van der Waals surface area (Å²) < 4.78 is 14.0. The van der Waals surface area contributed by atoms with Crippen molar-refractivity contribution in [1.82, 2.24) is 9.13 Å². The molecule has 0 spiro atoms. The van der Waals surface area contributed by atoms with E-state index in [1.54, 1.807) is 28.6 Å². The molecule has 1 heterocycles. The largest absolute Gasteiger partial charge is 0.497 e. The summed E-state index contributed by atoms with van der Waals surface area (Å²) in [6.07, 6.45) is 3.57. The molecule has 1 aromatic carbocycles. The Morgan fingerprint density at radius 1 is 1.05 bits per heavy atom. The van der Waals surface area contributed by atoms with Crippen molar-refractivity contribution in [2.75, 3.05) is 13.7 Å². The van der Waals surface area contributed by atoms with Gasteiger partial charge in [-0.2, -0.15) is 0 Å². The van der Waals surface area contributed by atoms with Crippen LogP contribution >= 0.6 is 0 Å². The van der Waals surface area contributed by atoms with Crippen LogP contribution in [0, 0.1) is 0 Å². The van der Waals surface area contributed by atoms with Crippen molar-refractivity contribution >= 4 is 0 Å². The van der Waals surface area contributed by atoms with Gasteiger partial charge in [-0.1, -0.05) is 0 Å². The van der Waals surface area contributed by atoms with Crippen molar-refractivity contribution in [3.05, 3.63) is 47.1 Å². The standard InChI is InChI=1S/C14H18N2O3/c1-3-15-8-9-16(14(15)17)10-11-19-13-6-4-12(18-2)5-7-13/h4-9H,3,10-11H2,1-2H3. The van der Waals surface area contributed by atoms with Crippen LogP contribution in [0.4, 0.5) is 0 Å². The van der Waals surface area contributed by atoms with E-state index in [-0.39, 0.29) is 5.69 Å². The molecule has 5 nitrogen and oxygen atoms in total. The fraction of sp³-hybridized carbons (Fsp3) is 0.357. The minimum Gasteiger partial charge on any atom is -0.497 e. The van der Waals surface area contributed by atoms with E-state index in [9.17, 15) is 4.79 Å². The highest BCUT2D eigenvalue weighted by Gasteiger charge is 2.01. The van der Waals surface area contributed by atoms with Crippen LogP contribution in [0.1, 0.15) is 6.92 Å². The van der Waals surface area contributed by atoms with E-state index >= 15 is 0 Å². The van der Waals surface area contributed by atoms with E-state index < -0.39 is 0 Å². The number of aryl methyl sites for hydroxylation is 1. The zero-order chi connectivity index (χ0) is 13.7. The highest BCUT2D eigenvalue weighted by molar-refractivity contribution is 5.31. The third-order valence-electron chi connectivity index (χ3n) is 2.92. The van der Waals surface area contributed by atoms with Gasteiger partial charge in [0.1, 0.15) is 18.1 Å². The number of nitrogens with zero attached hydrogens (tertiary/aromatic N) is 2. The molecular weight excluding hydrogens is 244 g/mol. The van der Waals surface area contributed by atoms with Gasteiger partial charge in [-0.3, -0.25) is 9.13 Å². The first-order valence-electron chi connectivity index (χ1n) is 6.27. The van der Waals surface area contributed by atoms with E-state index in [2.05, 4.69) is 0 Å². The summed E-state index contributed by atoms with van der Waals surface area (Å²) in [4.78, 5) is 11.8. The van der Waals surface area contributed by atoms with Crippen LogP contribution in [0.2, 0.25) is 0 Å². The van der Waals surface area contributed by atoms with Gasteiger partial charge in [0.25, 0.3) is 0 Å². The Morgan fingerprint density at radius 3 is 2.26 bits per heavy atom. The number of benzene rings is 1. The van der Waals surface area contributed by atoms with Crippen LogP contribution in [0.15, 0.2) is 41.5 Å². The molecule has 0 aliphatic heterocycles. The van der Waals surface area contributed by atoms with Crippen molar-refractivity contribution < 1.29 is 9.47 Å². The van der Waals surface area contributed by atoms with Crippen molar-refractivity contribution in [2.24, 2.45) is 0 Å². The maximum absolute atomic E-state index is 11.8. The first-order chi connectivity index (χ1) is 9.24. The second kappa shape index (κ2) is 6.13. The van der Waals surface area contributed by atoms with Crippen LogP contribution < -0.4 is 15.2 Å². The molecule has 0 aliphatic carbocycles. The molecule has 0 N–H and O–H groups in total. The molecule has 2 rings (SSSR count). The molecule has 102 valence electrons. The van der Waals surface area contributed by atoms with Gasteiger partial charge in [0.05, 0.1) is 13.7 Å². The van der Waals surface area contributed by atoms with Gasteiger partial charge < -0.3 is 9.47 Å². The first kappa shape index (κ1) is 13.3. The topological polar surface area (TPSA) is 45.4 Å². The van der Waals surface area contributed by atoms with Crippen LogP contribution in [-0.2, 0) is 13.1 Å². The quantitative estimate of drug-likeness (QED) is 0.797. The normalized spacial score (nSPS) is 10.4. The minimum absolute atomic E-state index is 0.000769. The van der Waals surface area contributed by atoms with E-state index in [0.29, 0.717) is 19.7 Å². The third-order valence-corrected chi connectivity index (χ3v) is 2.92. The van der Waals surface area contributed by atoms with Crippen LogP contribution in [-0.4, -0.2) is 22.9 Å². The Bertz CT molecular complexity index is 569. The van der Waals surface area contributed by atoms with Gasteiger partial charge in [0, 0.05) is 18.9 Å². The monoisotopic (exact) mass is 262 g/mol. The second-order valence-corrected chi connectivity index (χ2v) is 4.08. The summed E-state index contributed by atoms with van der Waals surface area (Å²) in [5.41, 5.74) is 0.000769. The first-order valence-corrected chi connectivity index (χ1v) is 6.27. The lowest BCUT2D eigenvalue weighted by Crippen LogP contribution is -2.25. The van der Waals surface area contributed by atoms with Crippen molar-refractivity contribution in [1.29, 1.82) is 0 Å². The van der Waals surface area contributed by atoms with Gasteiger partial charge in [-0.05, 0) is 31.2 Å². The summed E-state index contributed by atoms with van der Waals surface area (Å²) in [6.45, 7) is 3.63. The van der Waals surface area contributed by atoms with E-state index in [0.717, 1.165) is 11.5 Å². The highest BCUT2D eigenvalue weighted by atomic mass is 16.5. The lowest BCUT2D eigenvalue weighted by molar-refractivity contribution is 0.295. The maximum atomic E-state index is 11.8. The molecule has 2 aromatic rings. The summed E-state index contributed by atoms with van der Waals surface area (Å²) in [7, 11) is 1.63. The van der Waals surface area contributed by atoms with E-state index in [1.165, 1.54) is 0 Å². The smallest absolute Gasteiger partial charge is 0.328 e. The fourth-order valence-corrected chi connectivity index (χ4v) is 1.80. The zero-order valence-corrected chi connectivity index (χ0v) is 11.2. The van der Waals surface area contributed by atoms with E-state index in [4.69, 9.17) is 9.47 Å². The molecule has 0 atom stereocenters. The molecular formula is C14H18N2O3. The van der Waals surface area contributed by atoms with Gasteiger partial charge >= 0.3 is 5.69 Å². The zero-order valence-electron chi connectivity index (χ0n) is 11.2. The summed E-state index contributed by atoms with van der Waals surface area (Å²) in [6, 6.07) is 7.38. The SMILES string of the molecule is CCn1ccn(CCOc2ccc(OC)cc2)c1=O. The molecule has 0 amide bonds. The molecule has 0 bridgehead atoms. The second-order valence-electron chi connectivity index (χ2n) is 4.08. The molecule has 1 aromatic heterocycles. The number of ether oxygens (including phenoxy) is 2. The number of hydrogen-bond acceptors (Lipinski definition) is 3. The lowest BCUT2D eigenvalue weighted by atomic mass is 10.3. The Balaban J connectivity index is 1.88. The van der Waals surface area contributed by atoms with Crippen LogP contribution in [0.25, 0.3) is 0 Å². The number of aromatic nitrogens is 2. The van der Waals surface area contributed by atoms with Gasteiger partial charge in [-0.25, -0.2) is 4.79 Å². The Hall–Kier alpha value is -2.17. The molecule has 5 heteroatoms. The summed E-state index contributed by atoms with van der Waals surface area (Å²) in [5, 5.41) is 0. The van der Waals surface area contributed by atoms with Crippen molar-refractivity contribution in [3.8, 4) is 11.5 Å². The maximum Gasteiger partial charge on any atom is 0.328 e. The van der Waals surface area contributed by atoms with Crippen molar-refractivity contribution in [3.63, 3.8) is 0 Å². The molecule has 0 unspecified atom stereocenters. The summed E-state index contributed by atoms with van der Waals surface area (Å²) >= 11 is 0. The number of rotatable bonds is 6. The summed E-state index contributed by atoms with van der Waals surface area (Å²) in [5.74, 6) is 1.56. The third kappa shape index (κ3) is 3.19. The van der Waals surface area contributed by atoms with Gasteiger partial charge in [0.2, 0.25) is 0 Å². The van der Waals surface area contributed by atoms with E-state index in [1.807, 2.05) is 31.2 Å². The molecule has 0 fully saturated rings. The number of imidazole rings is 1. The molecule has 19 heavy (non-hydrogen) atoms. The Kier molecular flexibility index (Phi) is 4.28. The molecule has 0 radical (unpaired) electrons. The molecule has 0 saturated carbocycles. The Morgan fingerprint density at radius 2 is 1.68 bits per heavy atom. The molecule has 0 saturated heterocycles. The Labute approximate surface area is 112 Å². The average molecular weight is 262 g/mol.